The van der Waals surface area contributed by atoms with E-state index in [0.717, 1.165) is 52.0 Å². The summed E-state index contributed by atoms with van der Waals surface area (Å²) in [5.74, 6) is 0.499. The van der Waals surface area contributed by atoms with Crippen molar-refractivity contribution in [1.29, 1.82) is 0 Å². The van der Waals surface area contributed by atoms with Gasteiger partial charge in [0.15, 0.2) is 0 Å². The molecule has 3 rings (SSSR count). The van der Waals surface area contributed by atoms with Crippen molar-refractivity contribution in [1.82, 2.24) is 0 Å². The Morgan fingerprint density at radius 2 is 1.26 bits per heavy atom. The first-order valence-electron chi connectivity index (χ1n) is 14.0. The highest BCUT2D eigenvalue weighted by Gasteiger charge is 2.11. The normalized spacial score (nSPS) is 12.5. The van der Waals surface area contributed by atoms with Crippen LogP contribution in [0.5, 0.6) is 11.5 Å². The number of rotatable bonds is 15. The fraction of sp³-hybridized carbons (Fsp3) is 0.424. The number of hydrogen-bond donors (Lipinski definition) is 3. The van der Waals surface area contributed by atoms with Gasteiger partial charge in [-0.3, -0.25) is 4.79 Å². The molecule has 0 amide bonds. The first-order chi connectivity index (χ1) is 18.7. The van der Waals surface area contributed by atoms with E-state index in [1.165, 1.54) is 0 Å². The third kappa shape index (κ3) is 8.95. The molecule has 0 saturated carbocycles. The minimum absolute atomic E-state index is 0.0494. The summed E-state index contributed by atoms with van der Waals surface area (Å²) in [5, 5.41) is 16.3. The van der Waals surface area contributed by atoms with Crippen molar-refractivity contribution in [3.63, 3.8) is 0 Å². The molecule has 0 radical (unpaired) electrons. The van der Waals surface area contributed by atoms with Gasteiger partial charge in [0.25, 0.3) is 0 Å². The first kappa shape index (κ1) is 29.9. The molecule has 0 aliphatic carbocycles. The summed E-state index contributed by atoms with van der Waals surface area (Å²) < 4.78 is 12.5. The van der Waals surface area contributed by atoms with Gasteiger partial charge in [-0.05, 0) is 99.0 Å². The molecule has 0 fully saturated rings. The van der Waals surface area contributed by atoms with E-state index in [1.54, 1.807) is 0 Å². The van der Waals surface area contributed by atoms with Crippen molar-refractivity contribution in [2.45, 2.75) is 92.5 Å². The molecule has 39 heavy (non-hydrogen) atoms. The van der Waals surface area contributed by atoms with Gasteiger partial charge in [-0.25, -0.2) is 0 Å². The topological polar surface area (TPSA) is 79.8 Å². The lowest BCUT2D eigenvalue weighted by atomic mass is 10.1. The number of carboxylic acids is 1. The van der Waals surface area contributed by atoms with Gasteiger partial charge >= 0.3 is 5.97 Å². The van der Waals surface area contributed by atoms with Crippen LogP contribution < -0.4 is 20.1 Å². The summed E-state index contributed by atoms with van der Waals surface area (Å²) in [7, 11) is 0. The number of aryl methyl sites for hydroxylation is 1. The van der Waals surface area contributed by atoms with E-state index in [9.17, 15) is 9.90 Å². The van der Waals surface area contributed by atoms with Crippen LogP contribution in [0.1, 0.15) is 74.8 Å². The zero-order valence-electron chi connectivity index (χ0n) is 24.3. The molecule has 0 aliphatic heterocycles. The molecule has 2 atom stereocenters. The van der Waals surface area contributed by atoms with Gasteiger partial charge in [-0.15, -0.1) is 0 Å². The number of aliphatic carboxylic acids is 1. The molecule has 0 heterocycles. The maximum Gasteiger partial charge on any atom is 0.303 e. The van der Waals surface area contributed by atoms with Gasteiger partial charge in [0.2, 0.25) is 0 Å². The Labute approximate surface area is 233 Å². The predicted molar refractivity (Wildman–Crippen MR) is 160 cm³/mol. The van der Waals surface area contributed by atoms with Crippen molar-refractivity contribution in [2.75, 3.05) is 10.6 Å². The number of ether oxygens (including phenoxy) is 2. The maximum absolute atomic E-state index is 11.2. The smallest absolute Gasteiger partial charge is 0.303 e. The highest BCUT2D eigenvalue weighted by Crippen LogP contribution is 2.28. The maximum atomic E-state index is 11.2. The van der Waals surface area contributed by atoms with Crippen LogP contribution in [0.2, 0.25) is 0 Å². The summed E-state index contributed by atoms with van der Waals surface area (Å²) in [5.41, 5.74) is 7.63. The number of nitrogens with one attached hydrogen (secondary N) is 2. The summed E-state index contributed by atoms with van der Waals surface area (Å²) >= 11 is 0. The van der Waals surface area contributed by atoms with Crippen LogP contribution in [-0.2, 0) is 24.4 Å². The van der Waals surface area contributed by atoms with Gasteiger partial charge in [0, 0.05) is 35.9 Å². The summed E-state index contributed by atoms with van der Waals surface area (Å²) in [4.78, 5) is 11.2. The highest BCUT2D eigenvalue weighted by molar-refractivity contribution is 5.67. The third-order valence-corrected chi connectivity index (χ3v) is 7.28. The van der Waals surface area contributed by atoms with E-state index >= 15 is 0 Å². The second-order valence-corrected chi connectivity index (χ2v) is 10.4. The average Bonchev–Trinajstić information content (AvgIpc) is 2.92. The molecule has 0 aliphatic rings. The van der Waals surface area contributed by atoms with Gasteiger partial charge in [-0.2, -0.15) is 0 Å². The fourth-order valence-electron chi connectivity index (χ4n) is 4.24. The first-order valence-corrected chi connectivity index (χ1v) is 14.0. The minimum atomic E-state index is -0.828. The van der Waals surface area contributed by atoms with Gasteiger partial charge < -0.3 is 25.2 Å². The SMILES string of the molecule is CCC(C)Nc1cccc(COc2cc(CCC(=O)O)cc(OCc3cccc(NC(C)CC)c3C)c2)c1C. The zero-order chi connectivity index (χ0) is 28.4. The number of carboxylic acid groups (broad SMARTS) is 1. The Kier molecular flexibility index (Phi) is 11.1. The highest BCUT2D eigenvalue weighted by atomic mass is 16.5. The zero-order valence-corrected chi connectivity index (χ0v) is 24.3. The van der Waals surface area contributed by atoms with E-state index in [0.29, 0.717) is 43.2 Å². The molecule has 2 unspecified atom stereocenters. The summed E-state index contributed by atoms with van der Waals surface area (Å²) in [6.45, 7) is 13.7. The quantitative estimate of drug-likeness (QED) is 0.185. The molecule has 0 spiro atoms. The Balaban J connectivity index is 1.78. The fourth-order valence-corrected chi connectivity index (χ4v) is 4.24. The van der Waals surface area contributed by atoms with Crippen LogP contribution in [0, 0.1) is 13.8 Å². The Hall–Kier alpha value is -3.67. The number of anilines is 2. The Morgan fingerprint density at radius 1 is 0.795 bits per heavy atom. The van der Waals surface area contributed by atoms with Crippen LogP contribution in [0.15, 0.2) is 54.6 Å². The van der Waals surface area contributed by atoms with Crippen molar-refractivity contribution in [3.05, 3.63) is 82.4 Å². The molecule has 0 saturated heterocycles. The lowest BCUT2D eigenvalue weighted by Gasteiger charge is -2.19. The molecule has 6 heteroatoms. The minimum Gasteiger partial charge on any atom is -0.489 e. The van der Waals surface area contributed by atoms with Crippen LogP contribution in [-0.4, -0.2) is 23.2 Å². The average molecular weight is 533 g/mol. The summed E-state index contributed by atoms with van der Waals surface area (Å²) in [6.07, 6.45) is 2.55. The van der Waals surface area contributed by atoms with Gasteiger partial charge in [0.1, 0.15) is 24.7 Å². The van der Waals surface area contributed by atoms with Crippen molar-refractivity contribution >= 4 is 17.3 Å². The molecule has 210 valence electrons. The summed E-state index contributed by atoms with van der Waals surface area (Å²) in [6, 6.07) is 18.9. The third-order valence-electron chi connectivity index (χ3n) is 7.28. The number of benzene rings is 3. The molecular weight excluding hydrogens is 488 g/mol. The lowest BCUT2D eigenvalue weighted by molar-refractivity contribution is -0.136. The largest absolute Gasteiger partial charge is 0.489 e. The standard InChI is InChI=1S/C33H44N2O4/c1-7-22(3)34-31-13-9-11-27(24(31)5)20-38-29-17-26(15-16-33(36)37)18-30(19-29)39-21-28-12-10-14-32(25(28)6)35-23(4)8-2/h9-14,17-19,22-23,34-35H,7-8,15-16,20-21H2,1-6H3,(H,36,37). The van der Waals surface area contributed by atoms with Crippen molar-refractivity contribution in [3.8, 4) is 11.5 Å². The Morgan fingerprint density at radius 3 is 1.67 bits per heavy atom. The lowest BCUT2D eigenvalue weighted by Crippen LogP contribution is -2.15. The van der Waals surface area contributed by atoms with E-state index in [1.807, 2.05) is 30.3 Å². The van der Waals surface area contributed by atoms with E-state index in [4.69, 9.17) is 9.47 Å². The molecule has 0 aromatic heterocycles. The number of carbonyl (C=O) groups is 1. The van der Waals surface area contributed by atoms with Crippen LogP contribution in [0.25, 0.3) is 0 Å². The monoisotopic (exact) mass is 532 g/mol. The van der Waals surface area contributed by atoms with Crippen LogP contribution in [0.4, 0.5) is 11.4 Å². The predicted octanol–water partition coefficient (Wildman–Crippen LogP) is 7.90. The van der Waals surface area contributed by atoms with Crippen LogP contribution in [0.3, 0.4) is 0 Å². The molecule has 3 N–H and O–H groups in total. The van der Waals surface area contributed by atoms with E-state index < -0.39 is 5.97 Å². The molecular formula is C33H44N2O4. The number of hydrogen-bond acceptors (Lipinski definition) is 5. The second-order valence-electron chi connectivity index (χ2n) is 10.4. The molecule has 0 bridgehead atoms. The molecule has 3 aromatic rings. The van der Waals surface area contributed by atoms with Crippen molar-refractivity contribution < 1.29 is 19.4 Å². The molecule has 3 aromatic carbocycles. The van der Waals surface area contributed by atoms with Gasteiger partial charge in [0.05, 0.1) is 0 Å². The van der Waals surface area contributed by atoms with Gasteiger partial charge in [-0.1, -0.05) is 38.1 Å². The molecule has 6 nitrogen and oxygen atoms in total. The Bertz CT molecular complexity index is 1160. The van der Waals surface area contributed by atoms with Crippen LogP contribution >= 0.6 is 0 Å². The van der Waals surface area contributed by atoms with E-state index in [2.05, 4.69) is 76.4 Å². The van der Waals surface area contributed by atoms with Crippen molar-refractivity contribution in [2.24, 2.45) is 0 Å². The van der Waals surface area contributed by atoms with E-state index in [-0.39, 0.29) is 6.42 Å². The second kappa shape index (κ2) is 14.5.